The van der Waals surface area contributed by atoms with E-state index in [1.54, 1.807) is 0 Å². The Bertz CT molecular complexity index is 806. The number of nitrogens with zero attached hydrogens (tertiary/aromatic N) is 1. The molecular weight excluding hydrogens is 424 g/mol. The highest BCUT2D eigenvalue weighted by atomic mass is 35.5. The van der Waals surface area contributed by atoms with Gasteiger partial charge in [-0.25, -0.2) is 4.79 Å². The number of carbonyl (C=O) groups excluding carboxylic acids is 2. The number of likely N-dealkylation sites (tertiary alicyclic amines) is 1. The molecule has 0 radical (unpaired) electrons. The quantitative estimate of drug-likeness (QED) is 0.461. The van der Waals surface area contributed by atoms with E-state index in [1.807, 2.05) is 42.2 Å². The highest BCUT2D eigenvalue weighted by molar-refractivity contribution is 6.17. The molecule has 2 amide bonds. The van der Waals surface area contributed by atoms with Crippen LogP contribution in [0.5, 0.6) is 0 Å². The van der Waals surface area contributed by atoms with Crippen molar-refractivity contribution in [1.29, 1.82) is 0 Å². The zero-order chi connectivity index (χ0) is 24.0. The van der Waals surface area contributed by atoms with Gasteiger partial charge in [-0.3, -0.25) is 4.79 Å². The Kier molecular flexibility index (Phi) is 12.5. The van der Waals surface area contributed by atoms with Crippen LogP contribution in [0.4, 0.5) is 4.79 Å². The fourth-order valence-corrected chi connectivity index (χ4v) is 3.48. The van der Waals surface area contributed by atoms with Crippen molar-refractivity contribution in [3.05, 3.63) is 71.3 Å². The first-order chi connectivity index (χ1) is 15.3. The van der Waals surface area contributed by atoms with E-state index in [4.69, 9.17) is 21.1 Å². The molecule has 1 unspecified atom stereocenters. The molecule has 2 aromatic carbocycles. The Balaban J connectivity index is 0.000000769. The van der Waals surface area contributed by atoms with Crippen LogP contribution in [0.2, 0.25) is 0 Å². The molecule has 5 nitrogen and oxygen atoms in total. The number of ether oxygens (including phenoxy) is 1. The molecular formula is C26H37ClN2O3. The lowest BCUT2D eigenvalue weighted by Crippen LogP contribution is -2.39. The van der Waals surface area contributed by atoms with Crippen molar-refractivity contribution in [2.75, 3.05) is 19.0 Å². The lowest BCUT2D eigenvalue weighted by Gasteiger charge is -2.33. The Morgan fingerprint density at radius 2 is 1.81 bits per heavy atom. The molecule has 3 rings (SSSR count). The lowest BCUT2D eigenvalue weighted by atomic mass is 9.83. The fourth-order valence-electron chi connectivity index (χ4n) is 3.48. The molecule has 1 saturated heterocycles. The summed E-state index contributed by atoms with van der Waals surface area (Å²) >= 11 is 5.00. The molecule has 0 bridgehead atoms. The maximum absolute atomic E-state index is 12.5. The molecule has 1 aliphatic heterocycles. The molecule has 0 aromatic heterocycles. The normalized spacial score (nSPS) is 15.4. The van der Waals surface area contributed by atoms with Crippen molar-refractivity contribution < 1.29 is 14.3 Å². The Morgan fingerprint density at radius 3 is 2.41 bits per heavy atom. The number of amides is 2. The summed E-state index contributed by atoms with van der Waals surface area (Å²) in [6.45, 7) is 10.5. The maximum atomic E-state index is 12.5. The van der Waals surface area contributed by atoms with Crippen LogP contribution in [-0.4, -0.2) is 36.4 Å². The molecule has 6 heteroatoms. The van der Waals surface area contributed by atoms with Gasteiger partial charge < -0.3 is 15.4 Å². The number of hydrogen-bond acceptors (Lipinski definition) is 3. The largest absolute Gasteiger partial charge is 0.445 e. The molecule has 0 aliphatic carbocycles. The van der Waals surface area contributed by atoms with Gasteiger partial charge in [0.05, 0.1) is 0 Å². The number of rotatable bonds is 3. The predicted molar refractivity (Wildman–Crippen MR) is 132 cm³/mol. The van der Waals surface area contributed by atoms with Crippen molar-refractivity contribution in [3.8, 4) is 0 Å². The second-order valence-corrected chi connectivity index (χ2v) is 9.14. The van der Waals surface area contributed by atoms with Gasteiger partial charge >= 0.3 is 6.09 Å². The summed E-state index contributed by atoms with van der Waals surface area (Å²) in [4.78, 5) is 22.9. The molecule has 0 spiro atoms. The molecule has 1 aliphatic rings. The van der Waals surface area contributed by atoms with Gasteiger partial charge in [0, 0.05) is 24.9 Å². The minimum absolute atomic E-state index is 0.138. The van der Waals surface area contributed by atoms with Gasteiger partial charge in [0.15, 0.2) is 0 Å². The summed E-state index contributed by atoms with van der Waals surface area (Å²) in [6, 6.07) is 18.7. The van der Waals surface area contributed by atoms with Crippen LogP contribution < -0.4 is 5.73 Å². The highest BCUT2D eigenvalue weighted by Gasteiger charge is 2.26. The van der Waals surface area contributed by atoms with Crippen LogP contribution in [0, 0.1) is 0 Å². The minimum atomic E-state index is -0.203. The molecule has 1 fully saturated rings. The van der Waals surface area contributed by atoms with Gasteiger partial charge in [-0.15, -0.1) is 11.6 Å². The van der Waals surface area contributed by atoms with Crippen LogP contribution in [-0.2, 0) is 21.6 Å². The van der Waals surface area contributed by atoms with E-state index >= 15 is 0 Å². The number of primary amides is 1. The molecule has 1 atom stereocenters. The molecule has 2 aromatic rings. The maximum Gasteiger partial charge on any atom is 0.410 e. The van der Waals surface area contributed by atoms with E-state index in [0.717, 1.165) is 37.4 Å². The third kappa shape index (κ3) is 9.73. The smallest absolute Gasteiger partial charge is 0.410 e. The van der Waals surface area contributed by atoms with E-state index in [0.29, 0.717) is 12.5 Å². The zero-order valence-corrected chi connectivity index (χ0v) is 20.5. The molecule has 1 heterocycles. The number of benzene rings is 2. The summed E-state index contributed by atoms with van der Waals surface area (Å²) in [5.41, 5.74) is 8.00. The summed E-state index contributed by atoms with van der Waals surface area (Å²) in [5.74, 6) is 1.11. The van der Waals surface area contributed by atoms with Crippen LogP contribution in [0.25, 0.3) is 0 Å². The van der Waals surface area contributed by atoms with Gasteiger partial charge in [-0.2, -0.15) is 0 Å². The van der Waals surface area contributed by atoms with Crippen molar-refractivity contribution in [2.24, 2.45) is 5.73 Å². The first kappa shape index (κ1) is 27.5. The van der Waals surface area contributed by atoms with Crippen LogP contribution >= 0.6 is 11.6 Å². The van der Waals surface area contributed by atoms with Crippen molar-refractivity contribution in [2.45, 2.75) is 58.5 Å². The molecule has 176 valence electrons. The van der Waals surface area contributed by atoms with Gasteiger partial charge in [0.2, 0.25) is 6.41 Å². The summed E-state index contributed by atoms with van der Waals surface area (Å²) in [6.07, 6.45) is 2.19. The second-order valence-electron chi connectivity index (χ2n) is 8.60. The summed E-state index contributed by atoms with van der Waals surface area (Å²) in [7, 11) is 0. The van der Waals surface area contributed by atoms with Crippen LogP contribution in [0.15, 0.2) is 54.6 Å². The van der Waals surface area contributed by atoms with Crippen molar-refractivity contribution in [3.63, 3.8) is 0 Å². The van der Waals surface area contributed by atoms with Gasteiger partial charge in [0.25, 0.3) is 0 Å². The summed E-state index contributed by atoms with van der Waals surface area (Å²) in [5, 5.41) is 0. The predicted octanol–water partition coefficient (Wildman–Crippen LogP) is 5.85. The van der Waals surface area contributed by atoms with Crippen LogP contribution in [0.1, 0.15) is 63.1 Å². The first-order valence-corrected chi connectivity index (χ1v) is 11.6. The standard InChI is InChI=1S/C23H29NO2.C2H5Cl.CH3NO/c1-23(2,3)21-13-7-11-19(15-21)20-12-8-14-24(16-20)22(25)26-17-18-9-5-4-6-10-18;1-2-3;2-1-3/h4-7,9-11,13,15,20H,8,12,14,16-17H2,1-3H3;2H2,1H3;1H,(H2,2,3). The van der Waals surface area contributed by atoms with E-state index in [-0.39, 0.29) is 17.9 Å². The SMILES string of the molecule is CC(C)(C)c1cccc(C2CCCN(C(=O)OCc3ccccc3)C2)c1.CCCl.NC=O. The third-order valence-electron chi connectivity index (χ3n) is 5.11. The Morgan fingerprint density at radius 1 is 1.19 bits per heavy atom. The lowest BCUT2D eigenvalue weighted by molar-refractivity contribution is -0.106. The van der Waals surface area contributed by atoms with E-state index < -0.39 is 0 Å². The van der Waals surface area contributed by atoms with E-state index in [2.05, 4.69) is 50.8 Å². The number of nitrogens with two attached hydrogens (primary N) is 1. The first-order valence-electron chi connectivity index (χ1n) is 11.0. The number of carbonyl (C=O) groups is 2. The van der Waals surface area contributed by atoms with Gasteiger partial charge in [-0.1, -0.05) is 82.3 Å². The number of alkyl halides is 1. The topological polar surface area (TPSA) is 72.6 Å². The average molecular weight is 461 g/mol. The molecule has 32 heavy (non-hydrogen) atoms. The summed E-state index contributed by atoms with van der Waals surface area (Å²) < 4.78 is 5.52. The van der Waals surface area contributed by atoms with E-state index in [9.17, 15) is 4.79 Å². The molecule has 2 N–H and O–H groups in total. The van der Waals surface area contributed by atoms with Gasteiger partial charge in [0.1, 0.15) is 6.61 Å². The van der Waals surface area contributed by atoms with Crippen molar-refractivity contribution in [1.82, 2.24) is 4.90 Å². The van der Waals surface area contributed by atoms with Gasteiger partial charge in [-0.05, 0) is 34.9 Å². The fraction of sp³-hybridized carbons (Fsp3) is 0.462. The minimum Gasteiger partial charge on any atom is -0.445 e. The van der Waals surface area contributed by atoms with Crippen LogP contribution in [0.3, 0.4) is 0 Å². The average Bonchev–Trinajstić information content (AvgIpc) is 2.79. The van der Waals surface area contributed by atoms with Crippen molar-refractivity contribution >= 4 is 24.1 Å². The highest BCUT2D eigenvalue weighted by Crippen LogP contribution is 2.31. The zero-order valence-electron chi connectivity index (χ0n) is 19.7. The number of hydrogen-bond donors (Lipinski definition) is 1. The number of halogens is 1. The molecule has 0 saturated carbocycles. The Hall–Kier alpha value is -2.53. The number of piperidine rings is 1. The van der Waals surface area contributed by atoms with E-state index in [1.165, 1.54) is 11.1 Å². The monoisotopic (exact) mass is 460 g/mol. The Labute approximate surface area is 197 Å². The third-order valence-corrected chi connectivity index (χ3v) is 5.11. The second kappa shape index (κ2) is 14.5.